The van der Waals surface area contributed by atoms with Gasteiger partial charge >= 0.3 is 0 Å². The van der Waals surface area contributed by atoms with Gasteiger partial charge in [0.2, 0.25) is 0 Å². The van der Waals surface area contributed by atoms with E-state index in [9.17, 15) is 18.5 Å². The number of nitro groups is 1. The molecule has 112 valence electrons. The Morgan fingerprint density at radius 1 is 1.38 bits per heavy atom. The zero-order valence-corrected chi connectivity index (χ0v) is 13.8. The van der Waals surface area contributed by atoms with Gasteiger partial charge in [-0.15, -0.1) is 23.1 Å². The second-order valence-corrected chi connectivity index (χ2v) is 8.20. The predicted octanol–water partition coefficient (Wildman–Crippen LogP) is 3.83. The molecule has 21 heavy (non-hydrogen) atoms. The van der Waals surface area contributed by atoms with Gasteiger partial charge in [-0.3, -0.25) is 14.8 Å². The summed E-state index contributed by atoms with van der Waals surface area (Å²) < 4.78 is 26.6. The van der Waals surface area contributed by atoms with Crippen LogP contribution in [0.3, 0.4) is 0 Å². The zero-order valence-electron chi connectivity index (χ0n) is 10.6. The van der Waals surface area contributed by atoms with Gasteiger partial charge in [-0.05, 0) is 18.4 Å². The normalized spacial score (nSPS) is 11.3. The molecule has 0 bridgehead atoms. The first-order chi connectivity index (χ1) is 9.85. The van der Waals surface area contributed by atoms with E-state index in [2.05, 4.69) is 4.72 Å². The molecule has 0 aliphatic rings. The maximum Gasteiger partial charge on any atom is 0.300 e. The number of hydrogen-bond acceptors (Lipinski definition) is 6. The van der Waals surface area contributed by atoms with E-state index in [-0.39, 0.29) is 8.55 Å². The van der Waals surface area contributed by atoms with Crippen molar-refractivity contribution in [2.24, 2.45) is 0 Å². The van der Waals surface area contributed by atoms with Gasteiger partial charge in [0.15, 0.2) is 4.34 Å². The largest absolute Gasteiger partial charge is 0.300 e. The van der Waals surface area contributed by atoms with Crippen LogP contribution < -0.4 is 4.72 Å². The van der Waals surface area contributed by atoms with Crippen molar-refractivity contribution in [3.8, 4) is 0 Å². The van der Waals surface area contributed by atoms with Gasteiger partial charge in [-0.1, -0.05) is 23.7 Å². The molecule has 0 spiro atoms. The van der Waals surface area contributed by atoms with Gasteiger partial charge in [0.25, 0.3) is 15.7 Å². The summed E-state index contributed by atoms with van der Waals surface area (Å²) in [5.74, 6) is 0. The van der Waals surface area contributed by atoms with Gasteiger partial charge in [0.05, 0.1) is 10.6 Å². The molecule has 10 heteroatoms. The number of halogens is 1. The lowest BCUT2D eigenvalue weighted by Crippen LogP contribution is -2.12. The number of thiophene rings is 1. The molecule has 2 rings (SSSR count). The fraction of sp³-hybridized carbons (Fsp3) is 0.0909. The number of sulfonamides is 1. The first-order valence-electron chi connectivity index (χ1n) is 5.44. The van der Waals surface area contributed by atoms with Crippen LogP contribution in [0.1, 0.15) is 0 Å². The van der Waals surface area contributed by atoms with E-state index in [1.807, 2.05) is 6.26 Å². The van der Waals surface area contributed by atoms with Gasteiger partial charge in [-0.25, -0.2) is 8.42 Å². The highest BCUT2D eigenvalue weighted by Gasteiger charge is 2.25. The Morgan fingerprint density at radius 3 is 2.62 bits per heavy atom. The number of anilines is 1. The molecule has 0 unspecified atom stereocenters. The number of benzene rings is 1. The van der Waals surface area contributed by atoms with Gasteiger partial charge in [-0.2, -0.15) is 0 Å². The molecule has 0 fully saturated rings. The van der Waals surface area contributed by atoms with E-state index in [1.54, 1.807) is 24.3 Å². The summed E-state index contributed by atoms with van der Waals surface area (Å²) in [7, 11) is -3.91. The highest BCUT2D eigenvalue weighted by Crippen LogP contribution is 2.37. The van der Waals surface area contributed by atoms with Crippen LogP contribution in [0.25, 0.3) is 0 Å². The Morgan fingerprint density at radius 2 is 2.05 bits per heavy atom. The SMILES string of the molecule is CSc1ccccc1NS(=O)(=O)c1cc([N+](=O)[O-])c(Cl)s1. The van der Waals surface area contributed by atoms with Crippen molar-refractivity contribution >= 4 is 56.1 Å². The van der Waals surface area contributed by atoms with E-state index < -0.39 is 20.6 Å². The number of para-hydroxylation sites is 1. The first kappa shape index (κ1) is 16.1. The van der Waals surface area contributed by atoms with E-state index >= 15 is 0 Å². The molecule has 0 aliphatic carbocycles. The first-order valence-corrected chi connectivity index (χ1v) is 9.35. The lowest BCUT2D eigenvalue weighted by Gasteiger charge is -2.09. The lowest BCUT2D eigenvalue weighted by molar-refractivity contribution is -0.384. The molecule has 0 saturated carbocycles. The van der Waals surface area contributed by atoms with Crippen LogP contribution in [0.5, 0.6) is 0 Å². The fourth-order valence-corrected chi connectivity index (χ4v) is 4.88. The Balaban J connectivity index is 2.39. The smallest absolute Gasteiger partial charge is 0.278 e. The molecule has 1 N–H and O–H groups in total. The van der Waals surface area contributed by atoms with Crippen molar-refractivity contribution in [3.05, 3.63) is 44.8 Å². The molecule has 0 radical (unpaired) electrons. The topological polar surface area (TPSA) is 89.3 Å². The molecule has 2 aromatic rings. The van der Waals surface area contributed by atoms with E-state index in [4.69, 9.17) is 11.6 Å². The molecular weight excluding hydrogens is 356 g/mol. The maximum atomic E-state index is 12.3. The fourth-order valence-electron chi connectivity index (χ4n) is 1.52. The standard InChI is InChI=1S/C11H9ClN2O4S3/c1-19-9-5-3-2-4-7(9)13-21(17,18)10-6-8(14(15)16)11(12)20-10/h2-6,13H,1H3. The minimum absolute atomic E-state index is 0.168. The van der Waals surface area contributed by atoms with Crippen LogP contribution in [-0.4, -0.2) is 19.6 Å². The number of nitrogens with zero attached hydrogens (tertiary/aromatic N) is 1. The summed E-state index contributed by atoms with van der Waals surface area (Å²) in [6, 6.07) is 7.83. The number of rotatable bonds is 5. The Kier molecular flexibility index (Phi) is 4.77. The van der Waals surface area contributed by atoms with E-state index in [0.29, 0.717) is 17.0 Å². The molecule has 6 nitrogen and oxygen atoms in total. The third kappa shape index (κ3) is 3.49. The summed E-state index contributed by atoms with van der Waals surface area (Å²) in [6.07, 6.45) is 1.82. The zero-order chi connectivity index (χ0) is 15.6. The summed E-state index contributed by atoms with van der Waals surface area (Å²) in [6.45, 7) is 0. The summed E-state index contributed by atoms with van der Waals surface area (Å²) in [5.41, 5.74) is -0.00244. The van der Waals surface area contributed by atoms with Crippen LogP contribution in [0.15, 0.2) is 39.4 Å². The van der Waals surface area contributed by atoms with Crippen LogP contribution in [-0.2, 0) is 10.0 Å². The van der Waals surface area contributed by atoms with Crippen molar-refractivity contribution in [2.45, 2.75) is 9.10 Å². The second kappa shape index (κ2) is 6.22. The van der Waals surface area contributed by atoms with Crippen molar-refractivity contribution in [1.82, 2.24) is 0 Å². The molecule has 1 aromatic carbocycles. The van der Waals surface area contributed by atoms with E-state index in [1.165, 1.54) is 11.8 Å². The van der Waals surface area contributed by atoms with Crippen molar-refractivity contribution < 1.29 is 13.3 Å². The molecule has 1 heterocycles. The van der Waals surface area contributed by atoms with Crippen LogP contribution in [0.4, 0.5) is 11.4 Å². The molecule has 1 aromatic heterocycles. The van der Waals surface area contributed by atoms with Crippen LogP contribution in [0, 0.1) is 10.1 Å². The summed E-state index contributed by atoms with van der Waals surface area (Å²) in [4.78, 5) is 10.8. The Bertz CT molecular complexity index is 789. The molecule has 0 amide bonds. The van der Waals surface area contributed by atoms with Gasteiger partial charge in [0.1, 0.15) is 4.21 Å². The average molecular weight is 365 g/mol. The predicted molar refractivity (Wildman–Crippen MR) is 85.0 cm³/mol. The number of nitrogens with one attached hydrogen (secondary N) is 1. The minimum Gasteiger partial charge on any atom is -0.278 e. The summed E-state index contributed by atoms with van der Waals surface area (Å²) in [5, 5.41) is 10.7. The highest BCUT2D eigenvalue weighted by atomic mass is 35.5. The van der Waals surface area contributed by atoms with Gasteiger partial charge < -0.3 is 0 Å². The van der Waals surface area contributed by atoms with E-state index in [0.717, 1.165) is 11.0 Å². The maximum absolute atomic E-state index is 12.3. The van der Waals surface area contributed by atoms with Crippen LogP contribution >= 0.6 is 34.7 Å². The summed E-state index contributed by atoms with van der Waals surface area (Å²) >= 11 is 7.72. The lowest BCUT2D eigenvalue weighted by atomic mass is 10.3. The molecular formula is C11H9ClN2O4S3. The average Bonchev–Trinajstić information content (AvgIpc) is 2.82. The van der Waals surface area contributed by atoms with Crippen molar-refractivity contribution in [2.75, 3.05) is 11.0 Å². The van der Waals surface area contributed by atoms with Crippen LogP contribution in [0.2, 0.25) is 4.34 Å². The Labute approximate surface area is 134 Å². The van der Waals surface area contributed by atoms with Crippen molar-refractivity contribution in [3.63, 3.8) is 0 Å². The molecule has 0 atom stereocenters. The monoisotopic (exact) mass is 364 g/mol. The third-order valence-corrected chi connectivity index (χ3v) is 6.43. The van der Waals surface area contributed by atoms with Crippen molar-refractivity contribution in [1.29, 1.82) is 0 Å². The Hall–Kier alpha value is -1.29. The van der Waals surface area contributed by atoms with Gasteiger partial charge in [0, 0.05) is 11.0 Å². The quantitative estimate of drug-likeness (QED) is 0.494. The third-order valence-electron chi connectivity index (χ3n) is 2.46. The molecule has 0 aliphatic heterocycles. The number of hydrogen-bond donors (Lipinski definition) is 1. The molecule has 0 saturated heterocycles. The minimum atomic E-state index is -3.91. The highest BCUT2D eigenvalue weighted by molar-refractivity contribution is 7.99. The second-order valence-electron chi connectivity index (χ2n) is 3.79. The number of thioether (sulfide) groups is 1.